The van der Waals surface area contributed by atoms with E-state index in [1.54, 1.807) is 7.11 Å². The molecule has 1 aromatic rings. The first kappa shape index (κ1) is 27.4. The van der Waals surface area contributed by atoms with Gasteiger partial charge in [0, 0.05) is 23.1 Å². The molecule has 5 rings (SSSR count). The van der Waals surface area contributed by atoms with E-state index in [1.807, 2.05) is 32.9 Å². The smallest absolute Gasteiger partial charge is 0.351 e. The Kier molecular flexibility index (Phi) is 6.05. The van der Waals surface area contributed by atoms with Crippen LogP contribution >= 0.6 is 0 Å². The molecule has 4 bridgehead atoms. The molecule has 0 aromatic carbocycles. The second-order valence-corrected chi connectivity index (χ2v) is 18.8. The van der Waals surface area contributed by atoms with E-state index in [4.69, 9.17) is 23.6 Å². The molecule has 2 fully saturated rings. The second-order valence-electron chi connectivity index (χ2n) is 14.0. The first-order valence-electron chi connectivity index (χ1n) is 13.9. The molecule has 38 heavy (non-hydrogen) atoms. The fourth-order valence-corrected chi connectivity index (χ4v) is 7.82. The molecule has 0 unspecified atom stereocenters. The summed E-state index contributed by atoms with van der Waals surface area (Å²) in [5, 5.41) is 0.0264. The van der Waals surface area contributed by atoms with Crippen molar-refractivity contribution in [2.45, 2.75) is 102 Å². The van der Waals surface area contributed by atoms with Gasteiger partial charge in [0.2, 0.25) is 11.5 Å². The van der Waals surface area contributed by atoms with Crippen LogP contribution in [0.1, 0.15) is 72.1 Å². The monoisotopic (exact) mass is 541 g/mol. The number of pyridine rings is 1. The molecule has 0 N–H and O–H groups in total. The summed E-state index contributed by atoms with van der Waals surface area (Å²) in [6, 6.07) is 3.92. The number of esters is 2. The Bertz CT molecular complexity index is 1200. The number of carbonyl (C=O) groups excluding carboxylic acids is 2. The quantitative estimate of drug-likeness (QED) is 0.267. The average molecular weight is 542 g/mol. The van der Waals surface area contributed by atoms with E-state index in [-0.39, 0.29) is 16.9 Å². The van der Waals surface area contributed by atoms with E-state index in [1.165, 1.54) is 0 Å². The molecule has 4 aliphatic rings. The average Bonchev–Trinajstić information content (AvgIpc) is 3.13. The van der Waals surface area contributed by atoms with Gasteiger partial charge in [0.15, 0.2) is 8.32 Å². The summed E-state index contributed by atoms with van der Waals surface area (Å²) in [7, 11) is -0.507. The molecular weight excluding hydrogens is 498 g/mol. The van der Waals surface area contributed by atoms with Gasteiger partial charge in [-0.05, 0) is 56.3 Å². The molecule has 5 atom stereocenters. The Hall–Kier alpha value is -2.19. The lowest BCUT2D eigenvalue weighted by molar-refractivity contribution is -0.193. The number of ether oxygens (including phenoxy) is 3. The Morgan fingerprint density at radius 2 is 1.89 bits per heavy atom. The zero-order chi connectivity index (χ0) is 27.9. The summed E-state index contributed by atoms with van der Waals surface area (Å²) < 4.78 is 24.8. The molecule has 0 spiro atoms. The van der Waals surface area contributed by atoms with Crippen molar-refractivity contribution in [3.8, 4) is 5.88 Å². The third kappa shape index (κ3) is 3.51. The van der Waals surface area contributed by atoms with Gasteiger partial charge in [-0.15, -0.1) is 0 Å². The van der Waals surface area contributed by atoms with Crippen LogP contribution in [-0.4, -0.2) is 50.7 Å². The van der Waals surface area contributed by atoms with Crippen LogP contribution in [0, 0.1) is 16.7 Å². The van der Waals surface area contributed by atoms with Gasteiger partial charge in [-0.1, -0.05) is 52.8 Å². The van der Waals surface area contributed by atoms with E-state index >= 15 is 0 Å². The highest BCUT2D eigenvalue weighted by Gasteiger charge is 2.77. The number of aromatic nitrogens is 1. The van der Waals surface area contributed by atoms with Crippen molar-refractivity contribution in [1.29, 1.82) is 0 Å². The lowest BCUT2D eigenvalue weighted by Gasteiger charge is -2.51. The number of hydrogen-bond donors (Lipinski definition) is 0. The highest BCUT2D eigenvalue weighted by atomic mass is 28.4. The van der Waals surface area contributed by atoms with Gasteiger partial charge in [0.25, 0.3) is 0 Å². The first-order chi connectivity index (χ1) is 17.5. The van der Waals surface area contributed by atoms with Crippen molar-refractivity contribution in [3.05, 3.63) is 35.5 Å². The molecule has 208 valence electrons. The van der Waals surface area contributed by atoms with Gasteiger partial charge in [-0.3, -0.25) is 4.79 Å². The molecule has 1 aliphatic heterocycles. The van der Waals surface area contributed by atoms with Gasteiger partial charge in [0.1, 0.15) is 6.10 Å². The van der Waals surface area contributed by atoms with Gasteiger partial charge >= 0.3 is 11.9 Å². The number of nitrogens with zero attached hydrogens (tertiary/aromatic N) is 1. The maximum Gasteiger partial charge on any atom is 0.351 e. The van der Waals surface area contributed by atoms with Crippen molar-refractivity contribution < 1.29 is 28.2 Å². The minimum absolute atomic E-state index is 0.0264. The van der Waals surface area contributed by atoms with E-state index in [9.17, 15) is 9.59 Å². The molecule has 1 aromatic heterocycles. The molecule has 1 saturated heterocycles. The molecule has 0 amide bonds. The van der Waals surface area contributed by atoms with E-state index in [0.29, 0.717) is 31.7 Å². The zero-order valence-electron chi connectivity index (χ0n) is 24.4. The summed E-state index contributed by atoms with van der Waals surface area (Å²) in [6.07, 6.45) is 6.45. The molecule has 1 saturated carbocycles. The number of allylic oxidation sites excluding steroid dienone is 1. The first-order valence-corrected chi connectivity index (χ1v) is 16.8. The Morgan fingerprint density at radius 3 is 2.47 bits per heavy atom. The number of rotatable bonds is 6. The summed E-state index contributed by atoms with van der Waals surface area (Å²) in [5.74, 6) is -0.120. The Labute approximate surface area is 227 Å². The lowest BCUT2D eigenvalue weighted by Crippen LogP contribution is -2.59. The molecule has 3 aliphatic carbocycles. The summed E-state index contributed by atoms with van der Waals surface area (Å²) in [6.45, 7) is 17.4. The summed E-state index contributed by atoms with van der Waals surface area (Å²) in [5.41, 5.74) is -1.33. The molecule has 0 radical (unpaired) electrons. The normalized spacial score (nSPS) is 35.0. The fourth-order valence-electron chi connectivity index (χ4n) is 6.79. The van der Waals surface area contributed by atoms with Crippen molar-refractivity contribution >= 4 is 20.3 Å². The standard InChI is InChI=1S/C30H43NO6Si/c1-26(2,3)38(8,9)35-18-29-14-10-11-19(17-21-20(29)12-13-22(31-21)34-7)23(29)36-25(33)30-16-15-28(6,24(32)37-30)27(30,4)5/h10,12-14,19,23H,11,15-18H2,1-9H3/t19-,23+,28-,29-,30+/m0/s1. The topological polar surface area (TPSA) is 84.0 Å². The van der Waals surface area contributed by atoms with Gasteiger partial charge in [-0.2, -0.15) is 0 Å². The van der Waals surface area contributed by atoms with Crippen LogP contribution in [-0.2, 0) is 35.3 Å². The van der Waals surface area contributed by atoms with E-state index in [2.05, 4.69) is 46.0 Å². The lowest BCUT2D eigenvalue weighted by atomic mass is 9.61. The summed E-state index contributed by atoms with van der Waals surface area (Å²) in [4.78, 5) is 31.9. The van der Waals surface area contributed by atoms with E-state index in [0.717, 1.165) is 17.7 Å². The van der Waals surface area contributed by atoms with E-state index < -0.39 is 42.2 Å². The van der Waals surface area contributed by atoms with Crippen molar-refractivity contribution in [2.24, 2.45) is 16.7 Å². The number of hydrogen-bond acceptors (Lipinski definition) is 7. The number of fused-ring (bicyclic) bond motifs is 6. The van der Waals surface area contributed by atoms with Crippen LogP contribution in [0.4, 0.5) is 0 Å². The predicted molar refractivity (Wildman–Crippen MR) is 146 cm³/mol. The van der Waals surface area contributed by atoms with Gasteiger partial charge < -0.3 is 18.6 Å². The van der Waals surface area contributed by atoms with Crippen LogP contribution < -0.4 is 4.74 Å². The Morgan fingerprint density at radius 1 is 1.18 bits per heavy atom. The van der Waals surface area contributed by atoms with Crippen LogP contribution in [0.3, 0.4) is 0 Å². The number of methoxy groups -OCH3 is 1. The largest absolute Gasteiger partial charge is 0.481 e. The maximum absolute atomic E-state index is 14.2. The zero-order valence-corrected chi connectivity index (χ0v) is 25.4. The second kappa shape index (κ2) is 8.40. The van der Waals surface area contributed by atoms with Crippen molar-refractivity contribution in [2.75, 3.05) is 13.7 Å². The third-order valence-electron chi connectivity index (χ3n) is 11.0. The minimum atomic E-state index is -2.13. The Balaban J connectivity index is 1.56. The maximum atomic E-state index is 14.2. The number of carbonyl (C=O) groups is 2. The summed E-state index contributed by atoms with van der Waals surface area (Å²) >= 11 is 0. The minimum Gasteiger partial charge on any atom is -0.481 e. The van der Waals surface area contributed by atoms with Gasteiger partial charge in [-0.25, -0.2) is 9.78 Å². The molecule has 2 heterocycles. The van der Waals surface area contributed by atoms with Crippen LogP contribution in [0.25, 0.3) is 0 Å². The fraction of sp³-hybridized carbons (Fsp3) is 0.700. The van der Waals surface area contributed by atoms with Crippen molar-refractivity contribution in [3.63, 3.8) is 0 Å². The SMILES string of the molecule is COc1ccc2c(n1)C[C@@H]1CC=C[C@@]2(CO[Si](C)(C)C(C)(C)C)[C@@H]1OC(=O)[C@@]12CC[C@@](C)(C(=O)O1)C2(C)C. The molecule has 7 nitrogen and oxygen atoms in total. The molecule has 8 heteroatoms. The van der Waals surface area contributed by atoms with Crippen LogP contribution in [0.5, 0.6) is 5.88 Å². The van der Waals surface area contributed by atoms with Gasteiger partial charge in [0.05, 0.1) is 24.5 Å². The molecular formula is C30H43NO6Si. The van der Waals surface area contributed by atoms with Crippen molar-refractivity contribution in [1.82, 2.24) is 4.98 Å². The highest BCUT2D eigenvalue weighted by Crippen LogP contribution is 2.66. The highest BCUT2D eigenvalue weighted by molar-refractivity contribution is 6.74. The van der Waals surface area contributed by atoms with Crippen LogP contribution in [0.15, 0.2) is 24.3 Å². The predicted octanol–water partition coefficient (Wildman–Crippen LogP) is 5.52. The third-order valence-corrected chi connectivity index (χ3v) is 15.5. The van der Waals surface area contributed by atoms with Crippen LogP contribution in [0.2, 0.25) is 18.1 Å².